The Morgan fingerprint density at radius 3 is 1.91 bits per heavy atom. The van der Waals surface area contributed by atoms with Crippen LogP contribution in [0.2, 0.25) is 0 Å². The summed E-state index contributed by atoms with van der Waals surface area (Å²) in [7, 11) is 0. The Labute approximate surface area is 128 Å². The minimum absolute atomic E-state index is 0.207. The Bertz CT molecular complexity index is 633. The molecule has 22 heavy (non-hydrogen) atoms. The van der Waals surface area contributed by atoms with Crippen molar-refractivity contribution >= 4 is 0 Å². The highest BCUT2D eigenvalue weighted by molar-refractivity contribution is 5.41. The molecule has 3 rings (SSSR count). The van der Waals surface area contributed by atoms with Gasteiger partial charge in [0.1, 0.15) is 11.5 Å². The fourth-order valence-corrected chi connectivity index (χ4v) is 2.36. The van der Waals surface area contributed by atoms with Crippen molar-refractivity contribution in [2.24, 2.45) is 0 Å². The van der Waals surface area contributed by atoms with Gasteiger partial charge in [0.15, 0.2) is 0 Å². The predicted molar refractivity (Wildman–Crippen MR) is 79.3 cm³/mol. The van der Waals surface area contributed by atoms with Crippen LogP contribution >= 0.6 is 0 Å². The van der Waals surface area contributed by atoms with Crippen LogP contribution in [0.15, 0.2) is 48.5 Å². The lowest BCUT2D eigenvalue weighted by atomic mass is 9.78. The van der Waals surface area contributed by atoms with E-state index >= 15 is 0 Å². The van der Waals surface area contributed by atoms with Crippen LogP contribution in [-0.2, 0) is 15.2 Å². The van der Waals surface area contributed by atoms with Gasteiger partial charge in [0, 0.05) is 5.41 Å². The van der Waals surface area contributed by atoms with Crippen LogP contribution in [0.25, 0.3) is 0 Å². The van der Waals surface area contributed by atoms with Gasteiger partial charge >= 0.3 is 0 Å². The molecule has 1 saturated heterocycles. The molecule has 2 atom stereocenters. The number of benzene rings is 2. The topological polar surface area (TPSA) is 68.2 Å². The first-order chi connectivity index (χ1) is 10.5. The summed E-state index contributed by atoms with van der Waals surface area (Å²) < 4.78 is 5.42. The molecule has 1 fully saturated rings. The van der Waals surface area contributed by atoms with Gasteiger partial charge in [-0.3, -0.25) is 0 Å². The maximum Gasteiger partial charge on any atom is 0.284 e. The molecule has 2 aromatic rings. The smallest absolute Gasteiger partial charge is 0.284 e. The highest BCUT2D eigenvalue weighted by Crippen LogP contribution is 2.33. The molecule has 0 amide bonds. The average molecular weight is 302 g/mol. The first kappa shape index (κ1) is 14.8. The van der Waals surface area contributed by atoms with Crippen molar-refractivity contribution in [1.29, 1.82) is 0 Å². The van der Waals surface area contributed by atoms with E-state index in [9.17, 15) is 10.2 Å². The summed E-state index contributed by atoms with van der Waals surface area (Å²) in [4.78, 5) is 9.00. The lowest BCUT2D eigenvalue weighted by Gasteiger charge is -2.30. The molecule has 2 N–H and O–H groups in total. The largest absolute Gasteiger partial charge is 0.508 e. The van der Waals surface area contributed by atoms with Crippen LogP contribution in [0, 0.1) is 0 Å². The zero-order chi connectivity index (χ0) is 15.7. The molecule has 0 saturated carbocycles. The number of phenolic OH excluding ortho intramolecular Hbond substituents is 1. The Balaban J connectivity index is 1.77. The first-order valence-electron chi connectivity index (χ1n) is 7.04. The number of aromatic hydroxyl groups is 1. The second kappa shape index (κ2) is 5.61. The predicted octanol–water partition coefficient (Wildman–Crippen LogP) is 2.70. The van der Waals surface area contributed by atoms with E-state index in [0.717, 1.165) is 11.1 Å². The van der Waals surface area contributed by atoms with Crippen molar-refractivity contribution in [2.45, 2.75) is 31.8 Å². The van der Waals surface area contributed by atoms with Gasteiger partial charge in [-0.25, -0.2) is 0 Å². The second-order valence-electron chi connectivity index (χ2n) is 5.77. The quantitative estimate of drug-likeness (QED) is 0.850. The molecule has 2 aromatic carbocycles. The van der Waals surface area contributed by atoms with Crippen molar-refractivity contribution in [3.05, 3.63) is 59.7 Å². The van der Waals surface area contributed by atoms with Crippen LogP contribution < -0.4 is 4.74 Å². The molecule has 0 radical (unpaired) electrons. The zero-order valence-corrected chi connectivity index (χ0v) is 12.4. The van der Waals surface area contributed by atoms with Gasteiger partial charge in [-0.15, -0.1) is 0 Å². The van der Waals surface area contributed by atoms with Crippen molar-refractivity contribution < 1.29 is 24.7 Å². The number of phenols is 1. The Morgan fingerprint density at radius 1 is 0.909 bits per heavy atom. The molecular weight excluding hydrogens is 284 g/mol. The van der Waals surface area contributed by atoms with E-state index < -0.39 is 12.6 Å². The molecule has 2 unspecified atom stereocenters. The molecule has 0 aliphatic carbocycles. The van der Waals surface area contributed by atoms with E-state index in [-0.39, 0.29) is 11.2 Å². The van der Waals surface area contributed by atoms with Crippen LogP contribution in [0.4, 0.5) is 0 Å². The Kier molecular flexibility index (Phi) is 3.78. The summed E-state index contributed by atoms with van der Waals surface area (Å²) in [6.45, 7) is 4.23. The van der Waals surface area contributed by atoms with Crippen LogP contribution in [0.5, 0.6) is 11.5 Å². The maximum atomic E-state index is 9.40. The van der Waals surface area contributed by atoms with Gasteiger partial charge in [0.05, 0.1) is 0 Å². The summed E-state index contributed by atoms with van der Waals surface area (Å²) in [6, 6.07) is 14.8. The number of ether oxygens (including phenoxy) is 1. The standard InChI is InChI=1S/C17H18O5/c1-17(2,11-3-7-13(18)8-4-11)12-5-9-14(10-6-12)20-16-15(19)21-22-16/h3-10,15-16,18-19H,1-2H3. The third-order valence-electron chi connectivity index (χ3n) is 3.90. The third kappa shape index (κ3) is 2.78. The number of hydrogen-bond acceptors (Lipinski definition) is 5. The molecule has 116 valence electrons. The van der Waals surface area contributed by atoms with Gasteiger partial charge in [0.2, 0.25) is 0 Å². The lowest BCUT2D eigenvalue weighted by molar-refractivity contribution is -0.548. The van der Waals surface area contributed by atoms with Crippen molar-refractivity contribution in [3.8, 4) is 11.5 Å². The molecule has 1 heterocycles. The second-order valence-corrected chi connectivity index (χ2v) is 5.77. The normalized spacial score (nSPS) is 21.2. The SMILES string of the molecule is CC(C)(c1ccc(O)cc1)c1ccc(OC2OOC2O)cc1. The molecule has 5 nitrogen and oxygen atoms in total. The summed E-state index contributed by atoms with van der Waals surface area (Å²) in [5.41, 5.74) is 2.00. The van der Waals surface area contributed by atoms with Gasteiger partial charge < -0.3 is 14.9 Å². The molecule has 0 spiro atoms. The highest BCUT2D eigenvalue weighted by Gasteiger charge is 2.35. The molecule has 0 bridgehead atoms. The average Bonchev–Trinajstić information content (AvgIpc) is 2.52. The molecule has 0 aromatic heterocycles. The van der Waals surface area contributed by atoms with E-state index in [1.165, 1.54) is 0 Å². The summed E-state index contributed by atoms with van der Waals surface area (Å²) in [5.74, 6) is 0.849. The van der Waals surface area contributed by atoms with Gasteiger partial charge in [-0.2, -0.15) is 9.78 Å². The van der Waals surface area contributed by atoms with E-state index in [2.05, 4.69) is 23.6 Å². The minimum Gasteiger partial charge on any atom is -0.508 e. The summed E-state index contributed by atoms with van der Waals surface area (Å²) in [5, 5.41) is 18.6. The fourth-order valence-electron chi connectivity index (χ4n) is 2.36. The molecule has 5 heteroatoms. The number of rotatable bonds is 4. The highest BCUT2D eigenvalue weighted by atomic mass is 17.3. The number of aliphatic hydroxyl groups is 1. The first-order valence-corrected chi connectivity index (χ1v) is 7.04. The Morgan fingerprint density at radius 2 is 1.45 bits per heavy atom. The van der Waals surface area contributed by atoms with Gasteiger partial charge in [-0.1, -0.05) is 38.1 Å². The fraction of sp³-hybridized carbons (Fsp3) is 0.294. The lowest BCUT2D eigenvalue weighted by Crippen LogP contribution is -2.46. The van der Waals surface area contributed by atoms with E-state index in [4.69, 9.17) is 4.74 Å². The molecule has 1 aliphatic heterocycles. The zero-order valence-electron chi connectivity index (χ0n) is 12.4. The van der Waals surface area contributed by atoms with Crippen LogP contribution in [0.3, 0.4) is 0 Å². The summed E-state index contributed by atoms with van der Waals surface area (Å²) >= 11 is 0. The minimum atomic E-state index is -1.05. The third-order valence-corrected chi connectivity index (χ3v) is 3.90. The van der Waals surface area contributed by atoms with Gasteiger partial charge in [0.25, 0.3) is 12.6 Å². The van der Waals surface area contributed by atoms with Crippen LogP contribution in [-0.4, -0.2) is 22.8 Å². The van der Waals surface area contributed by atoms with Crippen molar-refractivity contribution in [2.75, 3.05) is 0 Å². The molecular formula is C17H18O5. The van der Waals surface area contributed by atoms with E-state index in [0.29, 0.717) is 5.75 Å². The summed E-state index contributed by atoms with van der Waals surface area (Å²) in [6.07, 6.45) is -1.83. The van der Waals surface area contributed by atoms with Crippen molar-refractivity contribution in [3.63, 3.8) is 0 Å². The van der Waals surface area contributed by atoms with Crippen molar-refractivity contribution in [1.82, 2.24) is 0 Å². The molecule has 1 aliphatic rings. The van der Waals surface area contributed by atoms with Crippen LogP contribution in [0.1, 0.15) is 25.0 Å². The van der Waals surface area contributed by atoms with E-state index in [1.807, 2.05) is 36.4 Å². The number of hydrogen-bond donors (Lipinski definition) is 2. The van der Waals surface area contributed by atoms with Gasteiger partial charge in [-0.05, 0) is 35.4 Å². The number of aliphatic hydroxyl groups excluding tert-OH is 1. The Hall–Kier alpha value is -2.08. The monoisotopic (exact) mass is 302 g/mol. The maximum absolute atomic E-state index is 9.40. The van der Waals surface area contributed by atoms with E-state index in [1.54, 1.807) is 12.1 Å².